The average molecular weight is 382 g/mol. The van der Waals surface area contributed by atoms with E-state index in [1.807, 2.05) is 13.8 Å². The number of hydrogen-bond acceptors (Lipinski definition) is 4. The van der Waals surface area contributed by atoms with Crippen LogP contribution in [0.5, 0.6) is 0 Å². The Bertz CT molecular complexity index is 801. The smallest absolute Gasteiger partial charge is 0.251 e. The zero-order valence-corrected chi connectivity index (χ0v) is 16.2. The number of nitrogens with one attached hydrogen (secondary N) is 4. The molecule has 0 aliphatic carbocycles. The van der Waals surface area contributed by atoms with Gasteiger partial charge >= 0.3 is 0 Å². The van der Waals surface area contributed by atoms with Crippen LogP contribution in [0.3, 0.4) is 0 Å². The molecule has 2 aromatic carbocycles. The molecule has 0 saturated carbocycles. The maximum absolute atomic E-state index is 12.1. The van der Waals surface area contributed by atoms with Gasteiger partial charge in [-0.25, -0.2) is 0 Å². The Balaban J connectivity index is 1.82. The van der Waals surface area contributed by atoms with Gasteiger partial charge in [0.25, 0.3) is 11.8 Å². The number of carbonyl (C=O) groups excluding carboxylic acids is 3. The molecular weight excluding hydrogens is 356 g/mol. The van der Waals surface area contributed by atoms with Gasteiger partial charge < -0.3 is 21.3 Å². The molecule has 0 aliphatic heterocycles. The highest BCUT2D eigenvalue weighted by Crippen LogP contribution is 2.11. The summed E-state index contributed by atoms with van der Waals surface area (Å²) >= 11 is 0. The molecule has 0 bridgehead atoms. The minimum Gasteiger partial charge on any atom is -0.376 e. The lowest BCUT2D eigenvalue weighted by Gasteiger charge is -2.09. The second-order valence-electron chi connectivity index (χ2n) is 6.17. The lowest BCUT2D eigenvalue weighted by atomic mass is 10.2. The molecule has 7 heteroatoms. The zero-order valence-electron chi connectivity index (χ0n) is 16.2. The van der Waals surface area contributed by atoms with Gasteiger partial charge in [0.2, 0.25) is 5.91 Å². The molecule has 2 rings (SSSR count). The van der Waals surface area contributed by atoms with Crippen LogP contribution in [0.15, 0.2) is 48.5 Å². The van der Waals surface area contributed by atoms with E-state index in [-0.39, 0.29) is 24.3 Å². The Kier molecular flexibility index (Phi) is 8.02. The number of rotatable bonds is 9. The van der Waals surface area contributed by atoms with E-state index in [2.05, 4.69) is 21.3 Å². The highest BCUT2D eigenvalue weighted by atomic mass is 16.2. The third-order valence-corrected chi connectivity index (χ3v) is 3.90. The van der Waals surface area contributed by atoms with Crippen molar-refractivity contribution in [1.82, 2.24) is 10.6 Å². The van der Waals surface area contributed by atoms with E-state index >= 15 is 0 Å². The standard InChI is InChI=1S/C21H26N4O3/c1-3-13-23-21(28)16-5-9-17(10-6-16)24-14-19(26)25-18-11-7-15(8-12-18)20(27)22-4-2/h5-12,24H,3-4,13-14H2,1-2H3,(H,22,27)(H,23,28)(H,25,26). The molecule has 148 valence electrons. The molecule has 0 heterocycles. The minimum atomic E-state index is -0.212. The normalized spacial score (nSPS) is 10.1. The van der Waals surface area contributed by atoms with Crippen LogP contribution in [0.25, 0.3) is 0 Å². The Hall–Kier alpha value is -3.35. The molecule has 3 amide bonds. The first kappa shape index (κ1) is 21.0. The number of carbonyl (C=O) groups is 3. The number of amides is 3. The van der Waals surface area contributed by atoms with Gasteiger partial charge in [-0.1, -0.05) is 6.92 Å². The first-order chi connectivity index (χ1) is 13.5. The van der Waals surface area contributed by atoms with Gasteiger partial charge in [0.15, 0.2) is 0 Å². The van der Waals surface area contributed by atoms with Crippen LogP contribution < -0.4 is 21.3 Å². The summed E-state index contributed by atoms with van der Waals surface area (Å²) in [7, 11) is 0. The molecule has 0 aliphatic rings. The van der Waals surface area contributed by atoms with Crippen LogP contribution in [-0.2, 0) is 4.79 Å². The topological polar surface area (TPSA) is 99.3 Å². The third kappa shape index (κ3) is 6.42. The molecule has 0 saturated heterocycles. The molecule has 2 aromatic rings. The quantitative estimate of drug-likeness (QED) is 0.536. The summed E-state index contributed by atoms with van der Waals surface area (Å²) in [6, 6.07) is 13.6. The summed E-state index contributed by atoms with van der Waals surface area (Å²) in [6.07, 6.45) is 0.884. The summed E-state index contributed by atoms with van der Waals surface area (Å²) in [4.78, 5) is 35.7. The van der Waals surface area contributed by atoms with Gasteiger partial charge in [-0.3, -0.25) is 14.4 Å². The molecule has 0 fully saturated rings. The van der Waals surface area contributed by atoms with E-state index < -0.39 is 0 Å². The average Bonchev–Trinajstić information content (AvgIpc) is 2.71. The fourth-order valence-electron chi connectivity index (χ4n) is 2.44. The first-order valence-corrected chi connectivity index (χ1v) is 9.33. The van der Waals surface area contributed by atoms with Crippen LogP contribution in [0, 0.1) is 0 Å². The molecule has 4 N–H and O–H groups in total. The van der Waals surface area contributed by atoms with E-state index in [1.54, 1.807) is 48.5 Å². The fraction of sp³-hybridized carbons (Fsp3) is 0.286. The Labute approximate surface area is 164 Å². The van der Waals surface area contributed by atoms with Crippen molar-refractivity contribution in [2.45, 2.75) is 20.3 Å². The van der Waals surface area contributed by atoms with Crippen molar-refractivity contribution in [1.29, 1.82) is 0 Å². The van der Waals surface area contributed by atoms with Crippen LogP contribution in [0.4, 0.5) is 11.4 Å². The predicted molar refractivity (Wildman–Crippen MR) is 111 cm³/mol. The third-order valence-electron chi connectivity index (χ3n) is 3.90. The lowest BCUT2D eigenvalue weighted by molar-refractivity contribution is -0.114. The SMILES string of the molecule is CCCNC(=O)c1ccc(NCC(=O)Nc2ccc(C(=O)NCC)cc2)cc1. The van der Waals surface area contributed by atoms with Gasteiger partial charge in [-0.05, 0) is 61.9 Å². The molecule has 0 radical (unpaired) electrons. The van der Waals surface area contributed by atoms with E-state index in [1.165, 1.54) is 0 Å². The van der Waals surface area contributed by atoms with Gasteiger partial charge in [0.05, 0.1) is 6.54 Å². The van der Waals surface area contributed by atoms with Crippen LogP contribution in [0.2, 0.25) is 0 Å². The zero-order chi connectivity index (χ0) is 20.4. The second-order valence-corrected chi connectivity index (χ2v) is 6.17. The van der Waals surface area contributed by atoms with Crippen molar-refractivity contribution in [3.63, 3.8) is 0 Å². The predicted octanol–water partition coefficient (Wildman–Crippen LogP) is 2.63. The van der Waals surface area contributed by atoms with Gasteiger partial charge in [0.1, 0.15) is 0 Å². The Morgan fingerprint density at radius 1 is 0.750 bits per heavy atom. The maximum atomic E-state index is 12.1. The highest BCUT2D eigenvalue weighted by Gasteiger charge is 2.07. The minimum absolute atomic E-state index is 0.0828. The van der Waals surface area contributed by atoms with Crippen molar-refractivity contribution < 1.29 is 14.4 Å². The summed E-state index contributed by atoms with van der Waals surface area (Å²) in [6.45, 7) is 5.14. The van der Waals surface area contributed by atoms with Crippen molar-refractivity contribution >= 4 is 29.1 Å². The van der Waals surface area contributed by atoms with Crippen molar-refractivity contribution in [2.75, 3.05) is 30.3 Å². The highest BCUT2D eigenvalue weighted by molar-refractivity contribution is 5.97. The Morgan fingerprint density at radius 2 is 1.29 bits per heavy atom. The summed E-state index contributed by atoms with van der Waals surface area (Å²) in [5, 5.41) is 11.3. The molecular formula is C21H26N4O3. The number of benzene rings is 2. The summed E-state index contributed by atoms with van der Waals surface area (Å²) in [5.41, 5.74) is 2.48. The van der Waals surface area contributed by atoms with E-state index in [0.717, 1.165) is 12.1 Å². The Morgan fingerprint density at radius 3 is 1.82 bits per heavy atom. The van der Waals surface area contributed by atoms with E-state index in [4.69, 9.17) is 0 Å². The molecule has 0 atom stereocenters. The van der Waals surface area contributed by atoms with Gasteiger partial charge in [-0.2, -0.15) is 0 Å². The van der Waals surface area contributed by atoms with E-state index in [9.17, 15) is 14.4 Å². The van der Waals surface area contributed by atoms with E-state index in [0.29, 0.717) is 29.9 Å². The monoisotopic (exact) mass is 382 g/mol. The molecule has 7 nitrogen and oxygen atoms in total. The maximum Gasteiger partial charge on any atom is 0.251 e. The van der Waals surface area contributed by atoms with Crippen LogP contribution in [0.1, 0.15) is 41.0 Å². The second kappa shape index (κ2) is 10.7. The van der Waals surface area contributed by atoms with Crippen LogP contribution in [-0.4, -0.2) is 37.4 Å². The molecule has 0 aromatic heterocycles. The molecule has 0 spiro atoms. The summed E-state index contributed by atoms with van der Waals surface area (Å²) < 4.78 is 0. The molecule has 0 unspecified atom stereocenters. The first-order valence-electron chi connectivity index (χ1n) is 9.33. The summed E-state index contributed by atoms with van der Waals surface area (Å²) in [5.74, 6) is -0.466. The van der Waals surface area contributed by atoms with Crippen LogP contribution >= 0.6 is 0 Å². The number of hydrogen-bond donors (Lipinski definition) is 4. The number of anilines is 2. The fourth-order valence-corrected chi connectivity index (χ4v) is 2.44. The largest absolute Gasteiger partial charge is 0.376 e. The van der Waals surface area contributed by atoms with Crippen molar-refractivity contribution in [3.05, 3.63) is 59.7 Å². The lowest BCUT2D eigenvalue weighted by Crippen LogP contribution is -2.24. The van der Waals surface area contributed by atoms with Crippen molar-refractivity contribution in [2.24, 2.45) is 0 Å². The van der Waals surface area contributed by atoms with Gasteiger partial charge in [0, 0.05) is 35.6 Å². The molecule has 28 heavy (non-hydrogen) atoms. The van der Waals surface area contributed by atoms with Gasteiger partial charge in [-0.15, -0.1) is 0 Å². The van der Waals surface area contributed by atoms with Crippen molar-refractivity contribution in [3.8, 4) is 0 Å².